The van der Waals surface area contributed by atoms with Crippen LogP contribution in [0.15, 0.2) is 23.1 Å². The van der Waals surface area contributed by atoms with Crippen molar-refractivity contribution in [3.05, 3.63) is 18.2 Å². The summed E-state index contributed by atoms with van der Waals surface area (Å²) >= 11 is 0. The molecular weight excluding hydrogens is 286 g/mol. The third-order valence-corrected chi connectivity index (χ3v) is 3.35. The number of hydrogen-bond donors (Lipinski definition) is 3. The van der Waals surface area contributed by atoms with Gasteiger partial charge in [0.2, 0.25) is 15.9 Å². The van der Waals surface area contributed by atoms with Crippen LogP contribution in [-0.4, -0.2) is 41.2 Å². The molecule has 0 aliphatic heterocycles. The Kier molecular flexibility index (Phi) is 5.45. The Balaban J connectivity index is 3.06. The fraction of sp³-hybridized carbons (Fsp3) is 0.364. The number of nitrogens with one attached hydrogen (secondary N) is 1. The van der Waals surface area contributed by atoms with Gasteiger partial charge in [-0.15, -0.1) is 0 Å². The number of anilines is 1. The van der Waals surface area contributed by atoms with E-state index in [2.05, 4.69) is 5.32 Å². The average Bonchev–Trinajstić information content (AvgIpc) is 2.37. The van der Waals surface area contributed by atoms with Crippen molar-refractivity contribution in [3.8, 4) is 5.75 Å². The quantitative estimate of drug-likeness (QED) is 0.633. The third kappa shape index (κ3) is 4.17. The fourth-order valence-electron chi connectivity index (χ4n) is 1.44. The molecular formula is C11H17N3O5S. The van der Waals surface area contributed by atoms with Crippen molar-refractivity contribution in [2.45, 2.75) is 10.9 Å². The van der Waals surface area contributed by atoms with Gasteiger partial charge in [-0.25, -0.2) is 13.6 Å². The van der Waals surface area contributed by atoms with E-state index < -0.39 is 22.0 Å². The van der Waals surface area contributed by atoms with Gasteiger partial charge in [-0.3, -0.25) is 4.79 Å². The van der Waals surface area contributed by atoms with Crippen molar-refractivity contribution in [1.29, 1.82) is 0 Å². The van der Waals surface area contributed by atoms with Gasteiger partial charge >= 0.3 is 0 Å². The van der Waals surface area contributed by atoms with Crippen LogP contribution in [0.3, 0.4) is 0 Å². The molecule has 1 atom stereocenters. The number of rotatable bonds is 6. The summed E-state index contributed by atoms with van der Waals surface area (Å²) in [6, 6.07) is 2.98. The lowest BCUT2D eigenvalue weighted by molar-refractivity contribution is -0.118. The SMILES string of the molecule is COCC(N)C(=O)Nc1cc(S(N)(=O)=O)ccc1OC. The van der Waals surface area contributed by atoms with Gasteiger partial charge in [-0.2, -0.15) is 0 Å². The van der Waals surface area contributed by atoms with Gasteiger partial charge in [0.25, 0.3) is 0 Å². The molecule has 5 N–H and O–H groups in total. The highest BCUT2D eigenvalue weighted by atomic mass is 32.2. The molecule has 0 bridgehead atoms. The predicted octanol–water partition coefficient (Wildman–Crippen LogP) is -0.745. The third-order valence-electron chi connectivity index (χ3n) is 2.44. The maximum absolute atomic E-state index is 11.8. The van der Waals surface area contributed by atoms with Crippen molar-refractivity contribution in [1.82, 2.24) is 0 Å². The van der Waals surface area contributed by atoms with Gasteiger partial charge in [0.1, 0.15) is 11.8 Å². The van der Waals surface area contributed by atoms with Crippen molar-refractivity contribution < 1.29 is 22.7 Å². The van der Waals surface area contributed by atoms with Crippen LogP contribution in [0, 0.1) is 0 Å². The first-order chi connectivity index (χ1) is 9.29. The zero-order valence-electron chi connectivity index (χ0n) is 11.1. The van der Waals surface area contributed by atoms with E-state index in [0.717, 1.165) is 0 Å². The highest BCUT2D eigenvalue weighted by molar-refractivity contribution is 7.89. The molecule has 8 nitrogen and oxygen atoms in total. The number of carbonyl (C=O) groups excluding carboxylic acids is 1. The fourth-order valence-corrected chi connectivity index (χ4v) is 1.98. The maximum atomic E-state index is 11.8. The van der Waals surface area contributed by atoms with Crippen LogP contribution in [0.4, 0.5) is 5.69 Å². The van der Waals surface area contributed by atoms with Crippen molar-refractivity contribution in [2.75, 3.05) is 26.1 Å². The number of primary sulfonamides is 1. The minimum Gasteiger partial charge on any atom is -0.495 e. The molecule has 0 saturated heterocycles. The van der Waals surface area contributed by atoms with Crippen molar-refractivity contribution in [2.24, 2.45) is 10.9 Å². The lowest BCUT2D eigenvalue weighted by Gasteiger charge is -2.14. The number of nitrogens with two attached hydrogens (primary N) is 2. The van der Waals surface area contributed by atoms with E-state index in [0.29, 0.717) is 0 Å². The molecule has 112 valence electrons. The van der Waals surface area contributed by atoms with Crippen LogP contribution < -0.4 is 20.9 Å². The highest BCUT2D eigenvalue weighted by Gasteiger charge is 2.17. The monoisotopic (exact) mass is 303 g/mol. The zero-order valence-corrected chi connectivity index (χ0v) is 11.9. The van der Waals surface area contributed by atoms with E-state index >= 15 is 0 Å². The summed E-state index contributed by atoms with van der Waals surface area (Å²) in [6.07, 6.45) is 0. The van der Waals surface area contributed by atoms with Crippen LogP contribution >= 0.6 is 0 Å². The summed E-state index contributed by atoms with van der Waals surface area (Å²) in [7, 11) is -1.08. The van der Waals surface area contributed by atoms with E-state index in [9.17, 15) is 13.2 Å². The first kappa shape index (κ1) is 16.4. The van der Waals surface area contributed by atoms with Crippen LogP contribution in [0.5, 0.6) is 5.75 Å². The lowest BCUT2D eigenvalue weighted by Crippen LogP contribution is -2.39. The molecule has 0 spiro atoms. The molecule has 1 aromatic carbocycles. The second-order valence-electron chi connectivity index (χ2n) is 3.96. The second kappa shape index (κ2) is 6.66. The predicted molar refractivity (Wildman–Crippen MR) is 72.8 cm³/mol. The zero-order chi connectivity index (χ0) is 15.3. The number of hydrogen-bond acceptors (Lipinski definition) is 6. The Labute approximate surface area is 117 Å². The molecule has 1 rings (SSSR count). The highest BCUT2D eigenvalue weighted by Crippen LogP contribution is 2.27. The molecule has 0 saturated carbocycles. The number of amides is 1. The summed E-state index contributed by atoms with van der Waals surface area (Å²) < 4.78 is 32.4. The van der Waals surface area contributed by atoms with Gasteiger partial charge in [0.05, 0.1) is 24.3 Å². The lowest BCUT2D eigenvalue weighted by atomic mass is 10.2. The first-order valence-electron chi connectivity index (χ1n) is 5.55. The molecule has 0 radical (unpaired) electrons. The minimum absolute atomic E-state index is 0.0308. The van der Waals surface area contributed by atoms with Crippen molar-refractivity contribution >= 4 is 21.6 Å². The Morgan fingerprint density at radius 3 is 2.55 bits per heavy atom. The van der Waals surface area contributed by atoms with E-state index in [4.69, 9.17) is 20.3 Å². The smallest absolute Gasteiger partial charge is 0.243 e. The molecule has 20 heavy (non-hydrogen) atoms. The molecule has 0 aliphatic rings. The summed E-state index contributed by atoms with van der Waals surface area (Å²) in [6.45, 7) is 0.0308. The first-order valence-corrected chi connectivity index (χ1v) is 7.10. The molecule has 0 fully saturated rings. The summed E-state index contributed by atoms with van der Waals surface area (Å²) in [4.78, 5) is 11.6. The molecule has 0 heterocycles. The number of ether oxygens (including phenoxy) is 2. The number of sulfonamides is 1. The molecule has 0 aromatic heterocycles. The standard InChI is InChI=1S/C11H17N3O5S/c1-18-6-8(12)11(15)14-9-5-7(20(13,16)17)3-4-10(9)19-2/h3-5,8H,6,12H2,1-2H3,(H,14,15)(H2,13,16,17). The van der Waals surface area contributed by atoms with Gasteiger partial charge < -0.3 is 20.5 Å². The number of methoxy groups -OCH3 is 2. The summed E-state index contributed by atoms with van der Waals surface area (Å²) in [5, 5.41) is 7.50. The molecule has 1 amide bonds. The van der Waals surface area contributed by atoms with Gasteiger partial charge in [-0.05, 0) is 18.2 Å². The second-order valence-corrected chi connectivity index (χ2v) is 5.52. The van der Waals surface area contributed by atoms with Crippen molar-refractivity contribution in [3.63, 3.8) is 0 Å². The van der Waals surface area contributed by atoms with Gasteiger partial charge in [-0.1, -0.05) is 0 Å². The Bertz CT molecular complexity index is 588. The van der Waals surface area contributed by atoms with E-state index in [-0.39, 0.29) is 22.9 Å². The Morgan fingerprint density at radius 2 is 2.05 bits per heavy atom. The molecule has 1 unspecified atom stereocenters. The largest absolute Gasteiger partial charge is 0.495 e. The maximum Gasteiger partial charge on any atom is 0.243 e. The Morgan fingerprint density at radius 1 is 1.40 bits per heavy atom. The Hall–Kier alpha value is -1.68. The molecule has 1 aromatic rings. The average molecular weight is 303 g/mol. The summed E-state index contributed by atoms with van der Waals surface area (Å²) in [5.41, 5.74) is 5.73. The van der Waals surface area contributed by atoms with E-state index in [1.165, 1.54) is 32.4 Å². The van der Waals surface area contributed by atoms with Gasteiger partial charge in [0.15, 0.2) is 0 Å². The van der Waals surface area contributed by atoms with Crippen LogP contribution in [0.2, 0.25) is 0 Å². The summed E-state index contributed by atoms with van der Waals surface area (Å²) in [5.74, 6) is -0.243. The van der Waals surface area contributed by atoms with Crippen LogP contribution in [0.25, 0.3) is 0 Å². The van der Waals surface area contributed by atoms with Crippen LogP contribution in [-0.2, 0) is 19.6 Å². The topological polar surface area (TPSA) is 134 Å². The van der Waals surface area contributed by atoms with E-state index in [1.807, 2.05) is 0 Å². The number of carbonyl (C=O) groups is 1. The molecule has 0 aliphatic carbocycles. The molecule has 9 heteroatoms. The minimum atomic E-state index is -3.88. The van der Waals surface area contributed by atoms with Gasteiger partial charge in [0, 0.05) is 7.11 Å². The van der Waals surface area contributed by atoms with Crippen LogP contribution in [0.1, 0.15) is 0 Å². The van der Waals surface area contributed by atoms with E-state index in [1.54, 1.807) is 0 Å². The normalized spacial score (nSPS) is 12.8. The number of benzene rings is 1.